The van der Waals surface area contributed by atoms with Crippen LogP contribution >= 0.6 is 0 Å². The Balaban J connectivity index is 1.33. The van der Waals surface area contributed by atoms with E-state index >= 15 is 0 Å². The molecule has 4 rings (SSSR count). The Labute approximate surface area is 154 Å². The van der Waals surface area contributed by atoms with E-state index in [0.29, 0.717) is 17.0 Å². The number of benzene rings is 1. The summed E-state index contributed by atoms with van der Waals surface area (Å²) >= 11 is 0. The highest BCUT2D eigenvalue weighted by Crippen LogP contribution is 2.58. The van der Waals surface area contributed by atoms with Crippen molar-refractivity contribution in [1.82, 2.24) is 5.32 Å². The van der Waals surface area contributed by atoms with Crippen LogP contribution in [0.15, 0.2) is 24.3 Å². The van der Waals surface area contributed by atoms with Gasteiger partial charge >= 0.3 is 0 Å². The Morgan fingerprint density at radius 2 is 1.85 bits per heavy atom. The summed E-state index contributed by atoms with van der Waals surface area (Å²) in [4.78, 5) is 12.3. The summed E-state index contributed by atoms with van der Waals surface area (Å²) < 4.78 is 24.7. The highest BCUT2D eigenvalue weighted by Gasteiger charge is 2.54. The summed E-state index contributed by atoms with van der Waals surface area (Å²) in [7, 11) is -3.52. The number of carbonyl (C=O) groups excluding carboxylic acids is 1. The van der Waals surface area contributed by atoms with E-state index in [4.69, 9.17) is 5.26 Å². The van der Waals surface area contributed by atoms with Crippen molar-refractivity contribution in [3.05, 3.63) is 35.4 Å². The van der Waals surface area contributed by atoms with Crippen molar-refractivity contribution < 1.29 is 13.2 Å². The smallest absolute Gasteiger partial charge is 0.235 e. The first-order valence-electron chi connectivity index (χ1n) is 9.44. The van der Waals surface area contributed by atoms with Crippen molar-refractivity contribution >= 4 is 15.7 Å². The van der Waals surface area contributed by atoms with E-state index in [-0.39, 0.29) is 17.7 Å². The van der Waals surface area contributed by atoms with Gasteiger partial charge in [0.2, 0.25) is 5.91 Å². The monoisotopic (exact) mass is 372 g/mol. The first-order valence-corrected chi connectivity index (χ1v) is 11.3. The number of carbonyl (C=O) groups is 1. The average molecular weight is 372 g/mol. The van der Waals surface area contributed by atoms with Crippen LogP contribution in [0.3, 0.4) is 0 Å². The summed E-state index contributed by atoms with van der Waals surface area (Å²) in [6.45, 7) is 0. The molecular formula is C20H24N2O3S. The van der Waals surface area contributed by atoms with Gasteiger partial charge < -0.3 is 5.32 Å². The minimum absolute atomic E-state index is 0.164. The topological polar surface area (TPSA) is 87.0 Å². The molecule has 0 spiro atoms. The van der Waals surface area contributed by atoms with Gasteiger partial charge in [-0.3, -0.25) is 4.79 Å². The Morgan fingerprint density at radius 1 is 1.12 bits per heavy atom. The molecule has 138 valence electrons. The predicted octanol–water partition coefficient (Wildman–Crippen LogP) is 2.41. The molecule has 2 bridgehead atoms. The number of sulfone groups is 1. The van der Waals surface area contributed by atoms with Crippen LogP contribution in [0.25, 0.3) is 0 Å². The van der Waals surface area contributed by atoms with Gasteiger partial charge in [0, 0.05) is 6.04 Å². The molecule has 26 heavy (non-hydrogen) atoms. The Kier molecular flexibility index (Phi) is 4.52. The number of nitrogens with one attached hydrogen (secondary N) is 1. The number of fused-ring (bicyclic) bond motifs is 5. The predicted molar refractivity (Wildman–Crippen MR) is 97.6 cm³/mol. The molecule has 1 amide bonds. The third-order valence-electron chi connectivity index (χ3n) is 6.60. The molecule has 5 atom stereocenters. The first kappa shape index (κ1) is 17.5. The third-order valence-corrected chi connectivity index (χ3v) is 8.07. The molecule has 0 unspecified atom stereocenters. The van der Waals surface area contributed by atoms with Gasteiger partial charge in [0.25, 0.3) is 0 Å². The lowest BCUT2D eigenvalue weighted by Gasteiger charge is -2.32. The van der Waals surface area contributed by atoms with Gasteiger partial charge in [-0.2, -0.15) is 5.26 Å². The maximum atomic E-state index is 12.4. The van der Waals surface area contributed by atoms with Crippen molar-refractivity contribution in [2.45, 2.75) is 43.9 Å². The molecule has 1 aromatic carbocycles. The fourth-order valence-electron chi connectivity index (χ4n) is 5.66. The van der Waals surface area contributed by atoms with Crippen LogP contribution in [0.2, 0.25) is 0 Å². The third kappa shape index (κ3) is 3.37. The standard InChI is InChI=1S/C20H24N2O3S/c21-10-13-4-6-14(7-5-13)11-26(24,25)12-20(23)22-19-9-15-8-18(19)17-3-1-2-16(15)17/h4-7,15-19H,1-3,8-9,11-12H2,(H,22,23)/t15-,16-,17-,18+,19-/m1/s1. The zero-order valence-electron chi connectivity index (χ0n) is 14.7. The van der Waals surface area contributed by atoms with Crippen molar-refractivity contribution in [1.29, 1.82) is 5.26 Å². The first-order chi connectivity index (χ1) is 12.4. The van der Waals surface area contributed by atoms with E-state index in [0.717, 1.165) is 24.2 Å². The molecule has 3 aliphatic rings. The van der Waals surface area contributed by atoms with Crippen LogP contribution in [0, 0.1) is 35.0 Å². The number of nitrogens with zero attached hydrogens (tertiary/aromatic N) is 1. The summed E-state index contributed by atoms with van der Waals surface area (Å²) in [5, 5.41) is 11.8. The minimum Gasteiger partial charge on any atom is -0.352 e. The SMILES string of the molecule is N#Cc1ccc(CS(=O)(=O)CC(=O)N[C@@H]2C[C@H]3C[C@H]2[C@@H]2CCC[C@H]32)cc1. The molecule has 1 aromatic rings. The fraction of sp³-hybridized carbons (Fsp3) is 0.600. The van der Waals surface area contributed by atoms with E-state index in [1.165, 1.54) is 25.7 Å². The maximum Gasteiger partial charge on any atom is 0.235 e. The van der Waals surface area contributed by atoms with Crippen LogP contribution in [-0.4, -0.2) is 26.1 Å². The van der Waals surface area contributed by atoms with Gasteiger partial charge in [0.1, 0.15) is 5.75 Å². The molecule has 3 saturated carbocycles. The second-order valence-corrected chi connectivity index (χ2v) is 10.2. The number of amides is 1. The number of rotatable bonds is 5. The van der Waals surface area contributed by atoms with Gasteiger partial charge in [-0.15, -0.1) is 0 Å². The largest absolute Gasteiger partial charge is 0.352 e. The lowest BCUT2D eigenvalue weighted by Crippen LogP contribution is -2.44. The molecule has 5 nitrogen and oxygen atoms in total. The highest BCUT2D eigenvalue weighted by atomic mass is 32.2. The maximum absolute atomic E-state index is 12.4. The Bertz CT molecular complexity index is 841. The molecule has 0 aliphatic heterocycles. The molecule has 6 heteroatoms. The van der Waals surface area contributed by atoms with Gasteiger partial charge in [-0.25, -0.2) is 8.42 Å². The average Bonchev–Trinajstić information content (AvgIpc) is 3.27. The van der Waals surface area contributed by atoms with Gasteiger partial charge in [0.05, 0.1) is 17.4 Å². The van der Waals surface area contributed by atoms with Gasteiger partial charge in [-0.05, 0) is 67.1 Å². The molecule has 3 aliphatic carbocycles. The molecule has 0 aromatic heterocycles. The quantitative estimate of drug-likeness (QED) is 0.860. The van der Waals surface area contributed by atoms with E-state index in [9.17, 15) is 13.2 Å². The lowest BCUT2D eigenvalue weighted by molar-refractivity contribution is -0.119. The van der Waals surface area contributed by atoms with Crippen molar-refractivity contribution in [3.8, 4) is 6.07 Å². The minimum atomic E-state index is -3.52. The molecule has 0 saturated heterocycles. The van der Waals surface area contributed by atoms with Crippen LogP contribution in [0.5, 0.6) is 0 Å². The van der Waals surface area contributed by atoms with E-state index in [1.54, 1.807) is 24.3 Å². The van der Waals surface area contributed by atoms with Gasteiger partial charge in [-0.1, -0.05) is 18.6 Å². The van der Waals surface area contributed by atoms with Crippen molar-refractivity contribution in [3.63, 3.8) is 0 Å². The second kappa shape index (κ2) is 6.70. The number of nitriles is 1. The number of hydrogen-bond acceptors (Lipinski definition) is 4. The van der Waals surface area contributed by atoms with Gasteiger partial charge in [0.15, 0.2) is 9.84 Å². The summed E-state index contributed by atoms with van der Waals surface area (Å²) in [5.41, 5.74) is 1.09. The van der Waals surface area contributed by atoms with Crippen LogP contribution in [0.4, 0.5) is 0 Å². The fourth-order valence-corrected chi connectivity index (χ4v) is 6.95. The second-order valence-electron chi connectivity index (χ2n) is 8.17. The summed E-state index contributed by atoms with van der Waals surface area (Å²) in [5.74, 6) is 1.88. The molecular weight excluding hydrogens is 348 g/mol. The molecule has 3 fully saturated rings. The molecule has 0 heterocycles. The zero-order valence-corrected chi connectivity index (χ0v) is 15.5. The molecule has 0 radical (unpaired) electrons. The Hall–Kier alpha value is -1.87. The highest BCUT2D eigenvalue weighted by molar-refractivity contribution is 7.91. The van der Waals surface area contributed by atoms with Crippen LogP contribution in [-0.2, 0) is 20.4 Å². The normalized spacial score (nSPS) is 32.2. The van der Waals surface area contributed by atoms with Crippen molar-refractivity contribution in [2.24, 2.45) is 23.7 Å². The molecule has 1 N–H and O–H groups in total. The lowest BCUT2D eigenvalue weighted by atomic mass is 9.79. The van der Waals surface area contributed by atoms with E-state index in [2.05, 4.69) is 5.32 Å². The zero-order chi connectivity index (χ0) is 18.3. The Morgan fingerprint density at radius 3 is 2.58 bits per heavy atom. The number of hydrogen-bond donors (Lipinski definition) is 1. The van der Waals surface area contributed by atoms with Crippen molar-refractivity contribution in [2.75, 3.05) is 5.75 Å². The summed E-state index contributed by atoms with van der Waals surface area (Å²) in [6.07, 6.45) is 6.15. The van der Waals surface area contributed by atoms with Crippen LogP contribution < -0.4 is 5.32 Å². The van der Waals surface area contributed by atoms with E-state index < -0.39 is 15.6 Å². The summed E-state index contributed by atoms with van der Waals surface area (Å²) in [6, 6.07) is 8.62. The van der Waals surface area contributed by atoms with Crippen LogP contribution in [0.1, 0.15) is 43.2 Å². The van der Waals surface area contributed by atoms with E-state index in [1.807, 2.05) is 6.07 Å².